The van der Waals surface area contributed by atoms with Crippen molar-refractivity contribution in [2.75, 3.05) is 18.4 Å². The molecule has 1 fully saturated rings. The molecule has 3 heterocycles. The summed E-state index contributed by atoms with van der Waals surface area (Å²) in [6.45, 7) is 1.97. The molecule has 0 bridgehead atoms. The van der Waals surface area contributed by atoms with Gasteiger partial charge in [0.05, 0.1) is 0 Å². The Balaban J connectivity index is 1.90. The van der Waals surface area contributed by atoms with Crippen molar-refractivity contribution in [3.8, 4) is 16.9 Å². The standard InChI is InChI=1S/C19H21N3O2/c23-16-6-2-1-5-13(16)15-11-21-19-14(7-8-17(24)22-19)18(15)12-4-3-9-20-10-12/h1-2,5-6,11-12,20,23H,3-4,7-10H2,(H,21,22,24). The molecule has 0 radical (unpaired) electrons. The van der Waals surface area contributed by atoms with Gasteiger partial charge in [0.2, 0.25) is 5.91 Å². The molecule has 0 spiro atoms. The zero-order valence-electron chi connectivity index (χ0n) is 13.5. The monoisotopic (exact) mass is 323 g/mol. The molecule has 1 atom stereocenters. The third-order valence-electron chi connectivity index (χ3n) is 4.98. The number of phenolic OH excluding ortho intramolecular Hbond substituents is 1. The summed E-state index contributed by atoms with van der Waals surface area (Å²) in [5, 5.41) is 16.7. The normalized spacial score (nSPS) is 20.3. The summed E-state index contributed by atoms with van der Waals surface area (Å²) in [4.78, 5) is 16.2. The second kappa shape index (κ2) is 6.24. The summed E-state index contributed by atoms with van der Waals surface area (Å²) in [5.41, 5.74) is 4.15. The van der Waals surface area contributed by atoms with E-state index < -0.39 is 0 Å². The molecule has 2 aromatic rings. The number of fused-ring (bicyclic) bond motifs is 1. The van der Waals surface area contributed by atoms with Gasteiger partial charge in [-0.3, -0.25) is 4.79 Å². The zero-order valence-corrected chi connectivity index (χ0v) is 13.5. The number of aromatic nitrogens is 1. The summed E-state index contributed by atoms with van der Waals surface area (Å²) in [7, 11) is 0. The molecule has 5 nitrogen and oxygen atoms in total. The zero-order chi connectivity index (χ0) is 16.5. The minimum atomic E-state index is 0.0260. The fraction of sp³-hybridized carbons (Fsp3) is 0.368. The number of benzene rings is 1. The minimum Gasteiger partial charge on any atom is -0.507 e. The minimum absolute atomic E-state index is 0.0260. The first-order valence-corrected chi connectivity index (χ1v) is 8.54. The summed E-state index contributed by atoms with van der Waals surface area (Å²) >= 11 is 0. The van der Waals surface area contributed by atoms with Crippen LogP contribution in [0.3, 0.4) is 0 Å². The quantitative estimate of drug-likeness (QED) is 0.794. The SMILES string of the molecule is O=C1CCc2c(ncc(-c3ccccc3O)c2C2CCCNC2)N1. The molecule has 124 valence electrons. The molecule has 2 aliphatic heterocycles. The van der Waals surface area contributed by atoms with Crippen LogP contribution >= 0.6 is 0 Å². The fourth-order valence-electron chi connectivity index (χ4n) is 3.84. The van der Waals surface area contributed by atoms with Gasteiger partial charge >= 0.3 is 0 Å². The Labute approximate surface area is 141 Å². The number of aromatic hydroxyl groups is 1. The van der Waals surface area contributed by atoms with Crippen molar-refractivity contribution in [3.63, 3.8) is 0 Å². The van der Waals surface area contributed by atoms with E-state index in [2.05, 4.69) is 15.6 Å². The molecule has 1 amide bonds. The van der Waals surface area contributed by atoms with Gasteiger partial charge in [-0.15, -0.1) is 0 Å². The maximum atomic E-state index is 11.7. The number of nitrogens with zero attached hydrogens (tertiary/aromatic N) is 1. The van der Waals surface area contributed by atoms with E-state index in [0.717, 1.165) is 42.6 Å². The maximum Gasteiger partial charge on any atom is 0.225 e. The van der Waals surface area contributed by atoms with Crippen molar-refractivity contribution in [1.82, 2.24) is 10.3 Å². The van der Waals surface area contributed by atoms with Gasteiger partial charge in [-0.1, -0.05) is 18.2 Å². The Morgan fingerprint density at radius 3 is 2.83 bits per heavy atom. The number of hydrogen-bond donors (Lipinski definition) is 3. The van der Waals surface area contributed by atoms with Gasteiger partial charge in [0, 0.05) is 30.3 Å². The maximum absolute atomic E-state index is 11.7. The Morgan fingerprint density at radius 2 is 2.04 bits per heavy atom. The molecule has 24 heavy (non-hydrogen) atoms. The van der Waals surface area contributed by atoms with Crippen molar-refractivity contribution in [2.24, 2.45) is 0 Å². The molecular formula is C19H21N3O2. The van der Waals surface area contributed by atoms with Crippen LogP contribution in [0.1, 0.15) is 36.3 Å². The fourth-order valence-corrected chi connectivity index (χ4v) is 3.84. The van der Waals surface area contributed by atoms with Gasteiger partial charge in [0.1, 0.15) is 11.6 Å². The number of nitrogens with one attached hydrogen (secondary N) is 2. The molecule has 0 saturated carbocycles. The number of phenols is 1. The largest absolute Gasteiger partial charge is 0.507 e. The molecule has 1 unspecified atom stereocenters. The number of hydrogen-bond acceptors (Lipinski definition) is 4. The van der Waals surface area contributed by atoms with Gasteiger partial charge in [-0.25, -0.2) is 4.98 Å². The van der Waals surface area contributed by atoms with E-state index in [9.17, 15) is 9.90 Å². The first-order valence-electron chi connectivity index (χ1n) is 8.54. The molecule has 3 N–H and O–H groups in total. The third-order valence-corrected chi connectivity index (χ3v) is 4.98. The van der Waals surface area contributed by atoms with E-state index in [0.29, 0.717) is 24.6 Å². The topological polar surface area (TPSA) is 74.2 Å². The second-order valence-electron chi connectivity index (χ2n) is 6.52. The first kappa shape index (κ1) is 15.1. The molecule has 0 aliphatic carbocycles. The van der Waals surface area contributed by atoms with E-state index >= 15 is 0 Å². The number of piperidine rings is 1. The highest BCUT2D eigenvalue weighted by Crippen LogP contribution is 2.41. The van der Waals surface area contributed by atoms with E-state index in [1.165, 1.54) is 5.56 Å². The van der Waals surface area contributed by atoms with Crippen LogP contribution in [-0.4, -0.2) is 29.1 Å². The first-order chi connectivity index (χ1) is 11.7. The number of amides is 1. The van der Waals surface area contributed by atoms with E-state index in [4.69, 9.17) is 0 Å². The lowest BCUT2D eigenvalue weighted by Gasteiger charge is -2.30. The van der Waals surface area contributed by atoms with Crippen molar-refractivity contribution >= 4 is 11.7 Å². The number of rotatable bonds is 2. The van der Waals surface area contributed by atoms with E-state index in [1.54, 1.807) is 12.3 Å². The molecular weight excluding hydrogens is 302 g/mol. The molecule has 1 aromatic heterocycles. The predicted octanol–water partition coefficient (Wildman–Crippen LogP) is 2.81. The predicted molar refractivity (Wildman–Crippen MR) is 93.1 cm³/mol. The van der Waals surface area contributed by atoms with E-state index in [1.807, 2.05) is 18.2 Å². The average molecular weight is 323 g/mol. The van der Waals surface area contributed by atoms with Gasteiger partial charge in [-0.05, 0) is 48.9 Å². The van der Waals surface area contributed by atoms with Crippen molar-refractivity contribution in [3.05, 3.63) is 41.6 Å². The highest BCUT2D eigenvalue weighted by atomic mass is 16.3. The highest BCUT2D eigenvalue weighted by molar-refractivity contribution is 5.94. The number of pyridine rings is 1. The number of para-hydroxylation sites is 1. The van der Waals surface area contributed by atoms with Gasteiger partial charge in [0.25, 0.3) is 0 Å². The smallest absolute Gasteiger partial charge is 0.225 e. The number of anilines is 1. The molecule has 4 rings (SSSR count). The summed E-state index contributed by atoms with van der Waals surface area (Å²) < 4.78 is 0. The van der Waals surface area contributed by atoms with Crippen LogP contribution in [0.4, 0.5) is 5.82 Å². The lowest BCUT2D eigenvalue weighted by Crippen LogP contribution is -2.30. The number of carbonyl (C=O) groups excluding carboxylic acids is 1. The van der Waals surface area contributed by atoms with Crippen molar-refractivity contribution < 1.29 is 9.90 Å². The molecule has 1 aromatic carbocycles. The van der Waals surface area contributed by atoms with Crippen LogP contribution in [0.2, 0.25) is 0 Å². The summed E-state index contributed by atoms with van der Waals surface area (Å²) in [6.07, 6.45) is 5.24. The molecule has 2 aliphatic rings. The Bertz CT molecular complexity index is 782. The van der Waals surface area contributed by atoms with Crippen molar-refractivity contribution in [1.29, 1.82) is 0 Å². The summed E-state index contributed by atoms with van der Waals surface area (Å²) in [5.74, 6) is 1.35. The van der Waals surface area contributed by atoms with Crippen LogP contribution in [0, 0.1) is 0 Å². The lowest BCUT2D eigenvalue weighted by molar-refractivity contribution is -0.116. The highest BCUT2D eigenvalue weighted by Gasteiger charge is 2.28. The third kappa shape index (κ3) is 2.65. The van der Waals surface area contributed by atoms with Crippen LogP contribution in [0.5, 0.6) is 5.75 Å². The number of carbonyl (C=O) groups is 1. The Hall–Kier alpha value is -2.40. The summed E-state index contributed by atoms with van der Waals surface area (Å²) in [6, 6.07) is 7.39. The Morgan fingerprint density at radius 1 is 1.17 bits per heavy atom. The van der Waals surface area contributed by atoms with Crippen LogP contribution < -0.4 is 10.6 Å². The average Bonchev–Trinajstić information content (AvgIpc) is 2.62. The van der Waals surface area contributed by atoms with Crippen LogP contribution in [0.25, 0.3) is 11.1 Å². The molecule has 5 heteroatoms. The lowest BCUT2D eigenvalue weighted by atomic mass is 9.82. The van der Waals surface area contributed by atoms with Gasteiger partial charge in [0.15, 0.2) is 0 Å². The van der Waals surface area contributed by atoms with Crippen LogP contribution in [0.15, 0.2) is 30.5 Å². The second-order valence-corrected chi connectivity index (χ2v) is 6.52. The van der Waals surface area contributed by atoms with E-state index in [-0.39, 0.29) is 11.7 Å². The molecule has 1 saturated heterocycles. The van der Waals surface area contributed by atoms with Gasteiger partial charge in [-0.2, -0.15) is 0 Å². The van der Waals surface area contributed by atoms with Crippen molar-refractivity contribution in [2.45, 2.75) is 31.6 Å². The Kier molecular flexibility index (Phi) is 3.94. The van der Waals surface area contributed by atoms with Crippen LogP contribution in [-0.2, 0) is 11.2 Å². The van der Waals surface area contributed by atoms with Gasteiger partial charge < -0.3 is 15.7 Å².